The number of nitrogens with zero attached hydrogens (tertiary/aromatic N) is 1. The number of urea groups is 1. The molecule has 2 N–H and O–H groups in total. The topological polar surface area (TPSA) is 91.5 Å². The smallest absolute Gasteiger partial charge is 0.341 e. The molecule has 2 aromatic carbocycles. The number of benzene rings is 2. The predicted octanol–water partition coefficient (Wildman–Crippen LogP) is 4.36. The molecule has 1 aliphatic heterocycles. The Morgan fingerprint density at radius 1 is 1.13 bits per heavy atom. The number of amides is 2. The second-order valence-electron chi connectivity index (χ2n) is 7.30. The molecule has 7 heteroatoms. The van der Waals surface area contributed by atoms with Gasteiger partial charge in [-0.1, -0.05) is 30.3 Å². The Morgan fingerprint density at radius 2 is 1.94 bits per heavy atom. The van der Waals surface area contributed by atoms with Gasteiger partial charge in [0.1, 0.15) is 0 Å². The fourth-order valence-electron chi connectivity index (χ4n) is 3.74. The molecule has 0 saturated carbocycles. The van der Waals surface area contributed by atoms with Gasteiger partial charge in [-0.2, -0.15) is 0 Å². The van der Waals surface area contributed by atoms with Crippen LogP contribution in [0.2, 0.25) is 0 Å². The summed E-state index contributed by atoms with van der Waals surface area (Å²) in [4.78, 5) is 42.1. The number of hydrogen-bond donors (Lipinski definition) is 2. The van der Waals surface area contributed by atoms with Crippen molar-refractivity contribution in [2.24, 2.45) is 0 Å². The number of Topliss-reactive ketones (excluding diaryl/α,β-unsaturated/α-hetero) is 1. The number of aromatic nitrogens is 1. The maximum Gasteiger partial charge on any atom is 0.341 e. The predicted molar refractivity (Wildman–Crippen MR) is 119 cm³/mol. The molecular weight excluding hydrogens is 394 g/mol. The van der Waals surface area contributed by atoms with E-state index in [4.69, 9.17) is 4.74 Å². The van der Waals surface area contributed by atoms with Gasteiger partial charge in [0.2, 0.25) is 0 Å². The Morgan fingerprint density at radius 3 is 2.71 bits per heavy atom. The number of ketones is 1. The molecule has 0 spiro atoms. The van der Waals surface area contributed by atoms with Gasteiger partial charge in [0.25, 0.3) is 0 Å². The van der Waals surface area contributed by atoms with Crippen LogP contribution in [-0.4, -0.2) is 40.8 Å². The van der Waals surface area contributed by atoms with Crippen LogP contribution in [0.1, 0.15) is 35.5 Å². The van der Waals surface area contributed by atoms with E-state index in [2.05, 4.69) is 10.3 Å². The monoisotopic (exact) mass is 417 g/mol. The SMILES string of the molecule is CCOC(=O)C1=CN(C(=O)Nc2cccc(C(C)=O)c2)CCc2c1[nH]c1ccccc21. The second kappa shape index (κ2) is 8.47. The molecular formula is C24H23N3O4. The fraction of sp³-hybridized carbons (Fsp3) is 0.208. The van der Waals surface area contributed by atoms with Gasteiger partial charge in [-0.05, 0) is 44.0 Å². The molecule has 158 valence electrons. The Labute approximate surface area is 179 Å². The van der Waals surface area contributed by atoms with Crippen LogP contribution >= 0.6 is 0 Å². The Bertz CT molecular complexity index is 1210. The van der Waals surface area contributed by atoms with E-state index < -0.39 is 12.0 Å². The first-order valence-electron chi connectivity index (χ1n) is 10.2. The van der Waals surface area contributed by atoms with Crippen LogP contribution in [0.25, 0.3) is 16.5 Å². The van der Waals surface area contributed by atoms with Crippen LogP contribution < -0.4 is 5.32 Å². The third-order valence-electron chi connectivity index (χ3n) is 5.25. The molecule has 31 heavy (non-hydrogen) atoms. The summed E-state index contributed by atoms with van der Waals surface area (Å²) < 4.78 is 5.26. The standard InChI is InChI=1S/C24H23N3O4/c1-3-31-23(29)20-14-27(24(30)25-17-8-6-7-16(13-17)15(2)28)12-11-19-18-9-4-5-10-21(18)26-22(19)20/h4-10,13-14,26H,3,11-12H2,1-2H3,(H,25,30). The zero-order chi connectivity index (χ0) is 22.0. The number of aromatic amines is 1. The van der Waals surface area contributed by atoms with Crippen molar-refractivity contribution in [2.45, 2.75) is 20.3 Å². The van der Waals surface area contributed by atoms with Gasteiger partial charge in [-0.25, -0.2) is 9.59 Å². The lowest BCUT2D eigenvalue weighted by Crippen LogP contribution is -2.32. The zero-order valence-electron chi connectivity index (χ0n) is 17.4. The van der Waals surface area contributed by atoms with E-state index in [0.717, 1.165) is 16.5 Å². The molecule has 4 rings (SSSR count). The highest BCUT2D eigenvalue weighted by Gasteiger charge is 2.27. The van der Waals surface area contributed by atoms with Crippen molar-refractivity contribution in [3.05, 3.63) is 71.6 Å². The third-order valence-corrected chi connectivity index (χ3v) is 5.25. The normalized spacial score (nSPS) is 13.2. The molecule has 0 bridgehead atoms. The van der Waals surface area contributed by atoms with Crippen molar-refractivity contribution in [2.75, 3.05) is 18.5 Å². The number of anilines is 1. The summed E-state index contributed by atoms with van der Waals surface area (Å²) in [6.07, 6.45) is 2.10. The summed E-state index contributed by atoms with van der Waals surface area (Å²) in [6, 6.07) is 14.2. The van der Waals surface area contributed by atoms with Gasteiger partial charge in [0.15, 0.2) is 5.78 Å². The highest BCUT2D eigenvalue weighted by atomic mass is 16.5. The van der Waals surface area contributed by atoms with Crippen molar-refractivity contribution in [3.63, 3.8) is 0 Å². The number of fused-ring (bicyclic) bond motifs is 3. The Balaban J connectivity index is 1.68. The van der Waals surface area contributed by atoms with Gasteiger partial charge in [0, 0.05) is 34.9 Å². The minimum Gasteiger partial charge on any atom is -0.462 e. The van der Waals surface area contributed by atoms with E-state index in [-0.39, 0.29) is 12.4 Å². The van der Waals surface area contributed by atoms with Crippen LogP contribution in [0.15, 0.2) is 54.7 Å². The average molecular weight is 417 g/mol. The first kappa shape index (κ1) is 20.4. The van der Waals surface area contributed by atoms with Gasteiger partial charge >= 0.3 is 12.0 Å². The maximum absolute atomic E-state index is 13.0. The minimum atomic E-state index is -0.492. The van der Waals surface area contributed by atoms with Gasteiger partial charge < -0.3 is 15.0 Å². The van der Waals surface area contributed by atoms with Crippen molar-refractivity contribution in [1.29, 1.82) is 0 Å². The number of rotatable bonds is 4. The molecule has 2 heterocycles. The van der Waals surface area contributed by atoms with Crippen LogP contribution in [-0.2, 0) is 16.0 Å². The average Bonchev–Trinajstić information content (AvgIpc) is 3.01. The summed E-state index contributed by atoms with van der Waals surface area (Å²) in [6.45, 7) is 3.83. The van der Waals surface area contributed by atoms with Crippen LogP contribution in [0, 0.1) is 0 Å². The fourth-order valence-corrected chi connectivity index (χ4v) is 3.74. The van der Waals surface area contributed by atoms with Crippen molar-refractivity contribution in [1.82, 2.24) is 9.88 Å². The number of ether oxygens (including phenoxy) is 1. The van der Waals surface area contributed by atoms with Gasteiger partial charge in [-0.15, -0.1) is 0 Å². The number of carbonyl (C=O) groups is 3. The quantitative estimate of drug-likeness (QED) is 0.487. The first-order valence-corrected chi connectivity index (χ1v) is 10.2. The lowest BCUT2D eigenvalue weighted by atomic mass is 10.0. The lowest BCUT2D eigenvalue weighted by Gasteiger charge is -2.18. The summed E-state index contributed by atoms with van der Waals surface area (Å²) in [5.41, 5.74) is 3.91. The molecule has 0 fully saturated rings. The molecule has 1 aromatic heterocycles. The molecule has 0 unspecified atom stereocenters. The summed E-state index contributed by atoms with van der Waals surface area (Å²) in [5.74, 6) is -0.575. The van der Waals surface area contributed by atoms with Crippen LogP contribution in [0.5, 0.6) is 0 Å². The highest BCUT2D eigenvalue weighted by Crippen LogP contribution is 2.31. The third kappa shape index (κ3) is 4.07. The van der Waals surface area contributed by atoms with Crippen molar-refractivity contribution >= 4 is 39.9 Å². The van der Waals surface area contributed by atoms with E-state index in [1.165, 1.54) is 18.0 Å². The van der Waals surface area contributed by atoms with Crippen molar-refractivity contribution in [3.8, 4) is 0 Å². The van der Waals surface area contributed by atoms with Gasteiger partial charge in [-0.3, -0.25) is 9.69 Å². The van der Waals surface area contributed by atoms with E-state index in [0.29, 0.717) is 35.5 Å². The molecule has 0 saturated heterocycles. The van der Waals surface area contributed by atoms with Crippen LogP contribution in [0.4, 0.5) is 10.5 Å². The van der Waals surface area contributed by atoms with Crippen molar-refractivity contribution < 1.29 is 19.1 Å². The number of hydrogen-bond acceptors (Lipinski definition) is 4. The number of nitrogens with one attached hydrogen (secondary N) is 2. The maximum atomic E-state index is 13.0. The van der Waals surface area contributed by atoms with E-state index >= 15 is 0 Å². The second-order valence-corrected chi connectivity index (χ2v) is 7.30. The van der Waals surface area contributed by atoms with E-state index in [1.54, 1.807) is 31.2 Å². The molecule has 0 radical (unpaired) electrons. The molecule has 7 nitrogen and oxygen atoms in total. The zero-order valence-corrected chi connectivity index (χ0v) is 17.4. The Kier molecular flexibility index (Phi) is 5.58. The molecule has 0 aliphatic carbocycles. The molecule has 3 aromatic rings. The molecule has 1 aliphatic rings. The summed E-state index contributed by atoms with van der Waals surface area (Å²) in [7, 11) is 0. The Hall–Kier alpha value is -3.87. The van der Waals surface area contributed by atoms with Crippen LogP contribution in [0.3, 0.4) is 0 Å². The summed E-state index contributed by atoms with van der Waals surface area (Å²) >= 11 is 0. The minimum absolute atomic E-state index is 0.0827. The number of H-pyrrole nitrogens is 1. The molecule has 0 atom stereocenters. The largest absolute Gasteiger partial charge is 0.462 e. The van der Waals surface area contributed by atoms with E-state index in [9.17, 15) is 14.4 Å². The summed E-state index contributed by atoms with van der Waals surface area (Å²) in [5, 5.41) is 3.83. The lowest BCUT2D eigenvalue weighted by molar-refractivity contribution is -0.136. The number of esters is 1. The van der Waals surface area contributed by atoms with Gasteiger partial charge in [0.05, 0.1) is 17.9 Å². The number of carbonyl (C=O) groups excluding carboxylic acids is 3. The first-order chi connectivity index (χ1) is 15.0. The molecule has 2 amide bonds. The number of para-hydroxylation sites is 1. The highest BCUT2D eigenvalue weighted by molar-refractivity contribution is 6.18. The van der Waals surface area contributed by atoms with E-state index in [1.807, 2.05) is 24.3 Å².